The summed E-state index contributed by atoms with van der Waals surface area (Å²) in [5.74, 6) is -6.64. The van der Waals surface area contributed by atoms with Crippen LogP contribution in [0.25, 0.3) is 6.08 Å². The number of ether oxygens (including phenoxy) is 2. The number of thioether (sulfide) groups is 1. The van der Waals surface area contributed by atoms with Crippen molar-refractivity contribution >= 4 is 46.5 Å². The van der Waals surface area contributed by atoms with Crippen molar-refractivity contribution in [1.82, 2.24) is 4.90 Å². The molecule has 0 bridgehead atoms. The first-order chi connectivity index (χ1) is 16.2. The first-order valence-electron chi connectivity index (χ1n) is 9.76. The maximum Gasteiger partial charge on any atom is 0.344 e. The van der Waals surface area contributed by atoms with Crippen LogP contribution in [0.15, 0.2) is 41.3 Å². The van der Waals surface area contributed by atoms with Gasteiger partial charge in [-0.15, -0.1) is 0 Å². The molecule has 0 radical (unpaired) electrons. The summed E-state index contributed by atoms with van der Waals surface area (Å²) < 4.78 is 50.1. The van der Waals surface area contributed by atoms with Crippen molar-refractivity contribution in [1.29, 1.82) is 0 Å². The fourth-order valence-corrected chi connectivity index (χ4v) is 3.59. The number of nitrogens with zero attached hydrogens (tertiary/aromatic N) is 1. The molecule has 1 heterocycles. The molecule has 0 unspecified atom stereocenters. The fraction of sp³-hybridized carbons (Fsp3) is 0.182. The average molecular weight is 494 g/mol. The zero-order chi connectivity index (χ0) is 24.8. The molecular weight excluding hydrogens is 477 g/mol. The van der Waals surface area contributed by atoms with Crippen LogP contribution < -0.4 is 10.1 Å². The lowest BCUT2D eigenvalue weighted by molar-refractivity contribution is -0.145. The number of amides is 3. The van der Waals surface area contributed by atoms with E-state index in [4.69, 9.17) is 9.47 Å². The van der Waals surface area contributed by atoms with Crippen molar-refractivity contribution in [2.45, 2.75) is 6.92 Å². The van der Waals surface area contributed by atoms with E-state index < -0.39 is 52.7 Å². The molecule has 2 aromatic rings. The van der Waals surface area contributed by atoms with Crippen LogP contribution in [0.5, 0.6) is 5.75 Å². The van der Waals surface area contributed by atoms with Crippen molar-refractivity contribution < 1.29 is 41.8 Å². The van der Waals surface area contributed by atoms with Crippen molar-refractivity contribution in [2.75, 3.05) is 25.1 Å². The molecule has 0 saturated carbocycles. The lowest BCUT2D eigenvalue weighted by Crippen LogP contribution is -2.36. The highest BCUT2D eigenvalue weighted by molar-refractivity contribution is 8.18. The standard InChI is InChI=1S/C22H17F3N2O6S/c1-2-32-18(29)11-33-13-5-3-12(4-6-13)9-16-21(30)27(22(31)34-16)10-17(28)26-15-8-7-14(23)19(24)20(15)25/h3-9H,2,10-11H2,1H3,(H,26,28)/b16-9-. The van der Waals surface area contributed by atoms with Gasteiger partial charge >= 0.3 is 5.97 Å². The molecule has 1 saturated heterocycles. The minimum atomic E-state index is -1.76. The van der Waals surface area contributed by atoms with E-state index in [1.165, 1.54) is 6.08 Å². The van der Waals surface area contributed by atoms with Gasteiger partial charge in [0.2, 0.25) is 5.91 Å². The van der Waals surface area contributed by atoms with Gasteiger partial charge < -0.3 is 14.8 Å². The third-order valence-electron chi connectivity index (χ3n) is 4.32. The summed E-state index contributed by atoms with van der Waals surface area (Å²) in [4.78, 5) is 48.9. The van der Waals surface area contributed by atoms with Gasteiger partial charge in [0, 0.05) is 0 Å². The Hall–Kier alpha value is -3.80. The normalized spacial score (nSPS) is 14.5. The van der Waals surface area contributed by atoms with Crippen molar-refractivity contribution in [3.8, 4) is 5.75 Å². The second-order valence-corrected chi connectivity index (χ2v) is 7.69. The SMILES string of the molecule is CCOC(=O)COc1ccc(/C=C2\SC(=O)N(CC(=O)Nc3ccc(F)c(F)c3F)C2=O)cc1. The van der Waals surface area contributed by atoms with Crippen molar-refractivity contribution in [3.05, 3.63) is 64.3 Å². The summed E-state index contributed by atoms with van der Waals surface area (Å²) in [6, 6.07) is 7.74. The molecule has 0 atom stereocenters. The van der Waals surface area contributed by atoms with Crippen LogP contribution in [0, 0.1) is 17.5 Å². The summed E-state index contributed by atoms with van der Waals surface area (Å²) in [6.45, 7) is 0.899. The Bertz CT molecular complexity index is 1170. The Morgan fingerprint density at radius 3 is 2.44 bits per heavy atom. The quantitative estimate of drug-likeness (QED) is 0.339. The predicted molar refractivity (Wildman–Crippen MR) is 116 cm³/mol. The van der Waals surface area contributed by atoms with Crippen LogP contribution in [0.3, 0.4) is 0 Å². The zero-order valence-corrected chi connectivity index (χ0v) is 18.4. The number of carbonyl (C=O) groups is 4. The molecule has 34 heavy (non-hydrogen) atoms. The van der Waals surface area contributed by atoms with Gasteiger partial charge in [0.25, 0.3) is 11.1 Å². The van der Waals surface area contributed by atoms with Gasteiger partial charge in [-0.3, -0.25) is 19.3 Å². The number of anilines is 1. The highest BCUT2D eigenvalue weighted by Gasteiger charge is 2.36. The molecule has 1 aliphatic rings. The summed E-state index contributed by atoms with van der Waals surface area (Å²) in [5.41, 5.74) is -0.0843. The summed E-state index contributed by atoms with van der Waals surface area (Å²) in [5, 5.41) is 1.27. The Morgan fingerprint density at radius 2 is 1.76 bits per heavy atom. The highest BCUT2D eigenvalue weighted by atomic mass is 32.2. The highest BCUT2D eigenvalue weighted by Crippen LogP contribution is 2.32. The summed E-state index contributed by atoms with van der Waals surface area (Å²) >= 11 is 0.599. The third-order valence-corrected chi connectivity index (χ3v) is 5.23. The second kappa shape index (κ2) is 10.9. The maximum absolute atomic E-state index is 13.7. The van der Waals surface area contributed by atoms with Gasteiger partial charge in [-0.2, -0.15) is 0 Å². The molecular formula is C22H17F3N2O6S. The molecule has 2 aromatic carbocycles. The Labute approximate surface area is 195 Å². The largest absolute Gasteiger partial charge is 0.482 e. The molecule has 178 valence electrons. The van der Waals surface area contributed by atoms with Crippen LogP contribution in [0.1, 0.15) is 12.5 Å². The monoisotopic (exact) mass is 494 g/mol. The number of hydrogen-bond acceptors (Lipinski definition) is 7. The van der Waals surface area contributed by atoms with Crippen molar-refractivity contribution in [3.63, 3.8) is 0 Å². The van der Waals surface area contributed by atoms with E-state index in [2.05, 4.69) is 0 Å². The van der Waals surface area contributed by atoms with E-state index >= 15 is 0 Å². The predicted octanol–water partition coefficient (Wildman–Crippen LogP) is 3.72. The Kier molecular flexibility index (Phi) is 7.95. The molecule has 1 fully saturated rings. The molecule has 3 rings (SSSR count). The molecule has 0 aliphatic carbocycles. The van der Waals surface area contributed by atoms with E-state index in [1.54, 1.807) is 31.2 Å². The number of rotatable bonds is 8. The van der Waals surface area contributed by atoms with Gasteiger partial charge in [-0.25, -0.2) is 18.0 Å². The maximum atomic E-state index is 13.7. The summed E-state index contributed by atoms with van der Waals surface area (Å²) in [7, 11) is 0. The molecule has 0 spiro atoms. The third kappa shape index (κ3) is 5.95. The van der Waals surface area contributed by atoms with Crippen molar-refractivity contribution in [2.24, 2.45) is 0 Å². The molecule has 3 amide bonds. The number of halogens is 3. The molecule has 1 aliphatic heterocycles. The van der Waals surface area contributed by atoms with E-state index in [0.29, 0.717) is 34.0 Å². The van der Waals surface area contributed by atoms with Crippen LogP contribution in [-0.2, 0) is 19.1 Å². The smallest absolute Gasteiger partial charge is 0.344 e. The van der Waals surface area contributed by atoms with Crippen LogP contribution >= 0.6 is 11.8 Å². The van der Waals surface area contributed by atoms with Crippen LogP contribution in [-0.4, -0.2) is 47.7 Å². The molecule has 1 N–H and O–H groups in total. The minimum Gasteiger partial charge on any atom is -0.482 e. The first-order valence-corrected chi connectivity index (χ1v) is 10.6. The summed E-state index contributed by atoms with van der Waals surface area (Å²) in [6.07, 6.45) is 1.42. The van der Waals surface area contributed by atoms with Gasteiger partial charge in [-0.05, 0) is 54.6 Å². The molecule has 0 aromatic heterocycles. The van der Waals surface area contributed by atoms with Crippen LogP contribution in [0.2, 0.25) is 0 Å². The zero-order valence-electron chi connectivity index (χ0n) is 17.6. The number of nitrogens with one attached hydrogen (secondary N) is 1. The van der Waals surface area contributed by atoms with Crippen LogP contribution in [0.4, 0.5) is 23.7 Å². The minimum absolute atomic E-state index is 0.0389. The topological polar surface area (TPSA) is 102 Å². The molecule has 8 nitrogen and oxygen atoms in total. The lowest BCUT2D eigenvalue weighted by Gasteiger charge is -2.13. The lowest BCUT2D eigenvalue weighted by atomic mass is 10.2. The van der Waals surface area contributed by atoms with E-state index in [-0.39, 0.29) is 18.1 Å². The first kappa shape index (κ1) is 24.8. The number of imide groups is 1. The second-order valence-electron chi connectivity index (χ2n) is 6.70. The number of carbonyl (C=O) groups excluding carboxylic acids is 4. The fourth-order valence-electron chi connectivity index (χ4n) is 2.75. The average Bonchev–Trinajstić information content (AvgIpc) is 3.06. The van der Waals surface area contributed by atoms with E-state index in [9.17, 15) is 32.3 Å². The van der Waals surface area contributed by atoms with Gasteiger partial charge in [0.15, 0.2) is 24.1 Å². The molecule has 12 heteroatoms. The number of benzene rings is 2. The van der Waals surface area contributed by atoms with Gasteiger partial charge in [0.1, 0.15) is 12.3 Å². The van der Waals surface area contributed by atoms with E-state index in [0.717, 1.165) is 6.07 Å². The number of esters is 1. The van der Waals surface area contributed by atoms with Gasteiger partial charge in [-0.1, -0.05) is 12.1 Å². The van der Waals surface area contributed by atoms with E-state index in [1.807, 2.05) is 5.32 Å². The number of hydrogen-bond donors (Lipinski definition) is 1. The Balaban J connectivity index is 1.62. The van der Waals surface area contributed by atoms with Gasteiger partial charge in [0.05, 0.1) is 17.2 Å². The Morgan fingerprint density at radius 1 is 1.06 bits per heavy atom.